The van der Waals surface area contributed by atoms with E-state index >= 15 is 0 Å². The molecule has 0 saturated heterocycles. The predicted octanol–water partition coefficient (Wildman–Crippen LogP) is 2.97. The van der Waals surface area contributed by atoms with Crippen molar-refractivity contribution in [3.63, 3.8) is 0 Å². The minimum Gasteiger partial charge on any atom is -0.493 e. The van der Waals surface area contributed by atoms with Crippen molar-refractivity contribution in [1.82, 2.24) is 5.32 Å². The summed E-state index contributed by atoms with van der Waals surface area (Å²) in [6.07, 6.45) is 0.682. The summed E-state index contributed by atoms with van der Waals surface area (Å²) in [5, 5.41) is 2.98. The molecule has 3 rings (SSSR count). The van der Waals surface area contributed by atoms with Crippen LogP contribution >= 0.6 is 0 Å². The second-order valence-electron chi connectivity index (χ2n) is 5.81. The first-order chi connectivity index (χ1) is 11.1. The van der Waals surface area contributed by atoms with E-state index in [4.69, 9.17) is 9.47 Å². The van der Waals surface area contributed by atoms with E-state index in [0.717, 1.165) is 11.1 Å². The number of benzene rings is 2. The Bertz CT molecular complexity index is 739. The number of fused-ring (bicyclic) bond motifs is 1. The highest BCUT2D eigenvalue weighted by Gasteiger charge is 2.29. The van der Waals surface area contributed by atoms with Gasteiger partial charge in [0.1, 0.15) is 0 Å². The van der Waals surface area contributed by atoms with Crippen LogP contribution in [-0.2, 0) is 17.8 Å². The van der Waals surface area contributed by atoms with Crippen LogP contribution in [0.1, 0.15) is 28.2 Å². The van der Waals surface area contributed by atoms with Gasteiger partial charge in [-0.05, 0) is 47.7 Å². The minimum atomic E-state index is -0.209. The molecule has 2 aromatic carbocycles. The summed E-state index contributed by atoms with van der Waals surface area (Å²) in [4.78, 5) is 12.4. The monoisotopic (exact) mass is 311 g/mol. The lowest BCUT2D eigenvalue weighted by Gasteiger charge is -2.27. The van der Waals surface area contributed by atoms with Crippen LogP contribution in [-0.4, -0.2) is 20.1 Å². The second kappa shape index (κ2) is 6.32. The zero-order valence-electron chi connectivity index (χ0n) is 13.7. The second-order valence-corrected chi connectivity index (χ2v) is 5.81. The first-order valence-corrected chi connectivity index (χ1v) is 7.71. The van der Waals surface area contributed by atoms with E-state index < -0.39 is 0 Å². The fourth-order valence-corrected chi connectivity index (χ4v) is 3.12. The lowest BCUT2D eigenvalue weighted by atomic mass is 9.84. The molecule has 1 N–H and O–H groups in total. The van der Waals surface area contributed by atoms with Gasteiger partial charge in [0.05, 0.1) is 20.1 Å². The summed E-state index contributed by atoms with van der Waals surface area (Å²) in [6.45, 7) is 2.60. The zero-order valence-corrected chi connectivity index (χ0v) is 13.7. The van der Waals surface area contributed by atoms with E-state index in [1.807, 2.05) is 24.3 Å². The molecule has 23 heavy (non-hydrogen) atoms. The molecule has 0 saturated carbocycles. The Labute approximate surface area is 136 Å². The van der Waals surface area contributed by atoms with Crippen LogP contribution in [0.2, 0.25) is 0 Å². The summed E-state index contributed by atoms with van der Waals surface area (Å²) in [7, 11) is 3.24. The van der Waals surface area contributed by atoms with E-state index in [-0.39, 0.29) is 11.8 Å². The molecule has 120 valence electrons. The minimum absolute atomic E-state index is 0.0629. The molecule has 4 nitrogen and oxygen atoms in total. The van der Waals surface area contributed by atoms with Gasteiger partial charge in [0.15, 0.2) is 11.5 Å². The summed E-state index contributed by atoms with van der Waals surface area (Å²) >= 11 is 0. The highest BCUT2D eigenvalue weighted by atomic mass is 16.5. The van der Waals surface area contributed by atoms with Crippen molar-refractivity contribution in [3.05, 3.63) is 58.7 Å². The average Bonchev–Trinajstić information content (AvgIpc) is 2.58. The molecular weight excluding hydrogens is 290 g/mol. The number of carbonyl (C=O) groups excluding carboxylic acids is 1. The van der Waals surface area contributed by atoms with Crippen molar-refractivity contribution < 1.29 is 14.3 Å². The third-order valence-electron chi connectivity index (χ3n) is 4.48. The Morgan fingerprint density at radius 1 is 1.13 bits per heavy atom. The average molecular weight is 311 g/mol. The molecule has 1 aliphatic rings. The van der Waals surface area contributed by atoms with Crippen LogP contribution in [0.5, 0.6) is 11.5 Å². The summed E-state index contributed by atoms with van der Waals surface area (Å²) in [5.74, 6) is 1.21. The maximum absolute atomic E-state index is 12.4. The van der Waals surface area contributed by atoms with Crippen LogP contribution in [0.3, 0.4) is 0 Å². The highest BCUT2D eigenvalue weighted by Crippen LogP contribution is 2.37. The number of carbonyl (C=O) groups is 1. The van der Waals surface area contributed by atoms with Gasteiger partial charge < -0.3 is 14.8 Å². The van der Waals surface area contributed by atoms with Crippen molar-refractivity contribution in [1.29, 1.82) is 0 Å². The molecule has 1 unspecified atom stereocenters. The largest absolute Gasteiger partial charge is 0.493 e. The Morgan fingerprint density at radius 2 is 1.83 bits per heavy atom. The van der Waals surface area contributed by atoms with Gasteiger partial charge in [0, 0.05) is 6.54 Å². The molecule has 0 bridgehead atoms. The number of rotatable bonds is 4. The zero-order chi connectivity index (χ0) is 16.4. The number of nitrogens with one attached hydrogen (secondary N) is 1. The van der Waals surface area contributed by atoms with Crippen molar-refractivity contribution in [2.24, 2.45) is 0 Å². The molecule has 4 heteroatoms. The Hall–Kier alpha value is -2.49. The Balaban J connectivity index is 2.02. The topological polar surface area (TPSA) is 47.6 Å². The SMILES string of the molecule is COc1cc2c(cc1OC)C(Cc1ccccc1C)C(=O)NC2. The number of hydrogen-bond donors (Lipinski definition) is 1. The fourth-order valence-electron chi connectivity index (χ4n) is 3.12. The van der Waals surface area contributed by atoms with Gasteiger partial charge in [-0.15, -0.1) is 0 Å². The lowest BCUT2D eigenvalue weighted by Crippen LogP contribution is -2.35. The van der Waals surface area contributed by atoms with E-state index in [0.29, 0.717) is 24.5 Å². The number of methoxy groups -OCH3 is 2. The van der Waals surface area contributed by atoms with Gasteiger partial charge in [-0.1, -0.05) is 24.3 Å². The molecule has 1 atom stereocenters. The summed E-state index contributed by atoms with van der Waals surface area (Å²) in [6, 6.07) is 12.1. The van der Waals surface area contributed by atoms with E-state index in [1.54, 1.807) is 14.2 Å². The molecule has 2 aromatic rings. The molecule has 1 amide bonds. The molecule has 0 aliphatic carbocycles. The van der Waals surface area contributed by atoms with Crippen LogP contribution in [0, 0.1) is 6.92 Å². The lowest BCUT2D eigenvalue weighted by molar-refractivity contribution is -0.123. The van der Waals surface area contributed by atoms with Gasteiger partial charge in [-0.2, -0.15) is 0 Å². The van der Waals surface area contributed by atoms with Crippen molar-refractivity contribution in [2.45, 2.75) is 25.8 Å². The molecular formula is C19H21NO3. The van der Waals surface area contributed by atoms with Crippen molar-refractivity contribution in [2.75, 3.05) is 14.2 Å². The number of hydrogen-bond acceptors (Lipinski definition) is 3. The third kappa shape index (κ3) is 2.89. The number of aryl methyl sites for hydroxylation is 1. The molecule has 1 aliphatic heterocycles. The van der Waals surface area contributed by atoms with Crippen LogP contribution in [0.25, 0.3) is 0 Å². The Kier molecular flexibility index (Phi) is 4.24. The third-order valence-corrected chi connectivity index (χ3v) is 4.48. The Morgan fingerprint density at radius 3 is 2.52 bits per heavy atom. The van der Waals surface area contributed by atoms with E-state index in [9.17, 15) is 4.79 Å². The van der Waals surface area contributed by atoms with Gasteiger partial charge in [-0.3, -0.25) is 4.79 Å². The maximum Gasteiger partial charge on any atom is 0.228 e. The van der Waals surface area contributed by atoms with Gasteiger partial charge in [0.25, 0.3) is 0 Å². The normalized spacial score (nSPS) is 16.5. The number of ether oxygens (including phenoxy) is 2. The van der Waals surface area contributed by atoms with Crippen LogP contribution in [0.15, 0.2) is 36.4 Å². The fraction of sp³-hybridized carbons (Fsp3) is 0.316. The molecule has 1 heterocycles. The smallest absolute Gasteiger partial charge is 0.228 e. The first kappa shape index (κ1) is 15.4. The van der Waals surface area contributed by atoms with Crippen molar-refractivity contribution in [3.8, 4) is 11.5 Å². The van der Waals surface area contributed by atoms with E-state index in [1.165, 1.54) is 11.1 Å². The maximum atomic E-state index is 12.4. The van der Waals surface area contributed by atoms with Crippen LogP contribution in [0.4, 0.5) is 0 Å². The van der Waals surface area contributed by atoms with Gasteiger partial charge in [-0.25, -0.2) is 0 Å². The first-order valence-electron chi connectivity index (χ1n) is 7.71. The van der Waals surface area contributed by atoms with Crippen molar-refractivity contribution >= 4 is 5.91 Å². The highest BCUT2D eigenvalue weighted by molar-refractivity contribution is 5.86. The molecule has 0 aromatic heterocycles. The van der Waals surface area contributed by atoms with Gasteiger partial charge >= 0.3 is 0 Å². The number of amides is 1. The molecule has 0 spiro atoms. The van der Waals surface area contributed by atoms with E-state index in [2.05, 4.69) is 24.4 Å². The molecule has 0 fully saturated rings. The van der Waals surface area contributed by atoms with Gasteiger partial charge in [0.2, 0.25) is 5.91 Å². The van der Waals surface area contributed by atoms with Crippen LogP contribution < -0.4 is 14.8 Å². The standard InChI is InChI=1S/C19H21NO3/c1-12-6-4-5-7-13(12)8-16-15-10-18(23-3)17(22-2)9-14(15)11-20-19(16)21/h4-7,9-10,16H,8,11H2,1-3H3,(H,20,21). The predicted molar refractivity (Wildman–Crippen MR) is 89.0 cm³/mol. The quantitative estimate of drug-likeness (QED) is 0.944. The molecule has 0 radical (unpaired) electrons. The summed E-state index contributed by atoms with van der Waals surface area (Å²) in [5.41, 5.74) is 4.50. The summed E-state index contributed by atoms with van der Waals surface area (Å²) < 4.78 is 10.8.